The number of anilines is 1. The lowest BCUT2D eigenvalue weighted by Gasteiger charge is -1.96. The van der Waals surface area contributed by atoms with Crippen LogP contribution in [0.4, 0.5) is 14.5 Å². The number of hydrogen-bond donors (Lipinski definition) is 1. The predicted molar refractivity (Wildman–Crippen MR) is 62.1 cm³/mol. The molecule has 0 aliphatic rings. The summed E-state index contributed by atoms with van der Waals surface area (Å²) in [6, 6.07) is 0. The summed E-state index contributed by atoms with van der Waals surface area (Å²) in [6.45, 7) is -0.0123. The molecule has 0 radical (unpaired) electrons. The van der Waals surface area contributed by atoms with Gasteiger partial charge in [0.15, 0.2) is 5.13 Å². The van der Waals surface area contributed by atoms with Crippen molar-refractivity contribution >= 4 is 21.5 Å². The fourth-order valence-electron chi connectivity index (χ4n) is 1.21. The van der Waals surface area contributed by atoms with E-state index in [4.69, 9.17) is 0 Å². The van der Waals surface area contributed by atoms with Gasteiger partial charge in [0.25, 0.3) is 0 Å². The van der Waals surface area contributed by atoms with Gasteiger partial charge in [-0.25, -0.2) is 14.1 Å². The van der Waals surface area contributed by atoms with Gasteiger partial charge in [0, 0.05) is 0 Å². The first-order valence-electron chi connectivity index (χ1n) is 4.98. The topological polar surface area (TPSA) is 98.8 Å². The number of aromatic nitrogens is 4. The third-order valence-corrected chi connectivity index (χ3v) is 2.90. The molecule has 18 heavy (non-hydrogen) atoms. The summed E-state index contributed by atoms with van der Waals surface area (Å²) in [5, 5.41) is 21.3. The van der Waals surface area contributed by atoms with Crippen molar-refractivity contribution < 1.29 is 9.31 Å². The summed E-state index contributed by atoms with van der Waals surface area (Å²) in [7, 11) is 0. The van der Waals surface area contributed by atoms with Crippen LogP contribution in [0.2, 0.25) is 0 Å². The average molecular weight is 271 g/mol. The number of thiazole rings is 1. The molecule has 0 aromatic carbocycles. The molecule has 10 heteroatoms. The Morgan fingerprint density at radius 2 is 2.44 bits per heavy atom. The van der Waals surface area contributed by atoms with Crippen molar-refractivity contribution in [2.75, 3.05) is 12.0 Å². The van der Waals surface area contributed by atoms with Gasteiger partial charge < -0.3 is 5.32 Å². The normalized spacial score (nSPS) is 10.5. The van der Waals surface area contributed by atoms with Crippen LogP contribution in [0.5, 0.6) is 0 Å². The second-order valence-electron chi connectivity index (χ2n) is 3.28. The summed E-state index contributed by atoms with van der Waals surface area (Å²) in [6.07, 6.45) is 2.79. The summed E-state index contributed by atoms with van der Waals surface area (Å²) in [4.78, 5) is 13.8. The maximum atomic E-state index is 12.0. The van der Waals surface area contributed by atoms with Gasteiger partial charge in [0.1, 0.15) is 18.6 Å². The number of nitrogens with zero attached hydrogens (tertiary/aromatic N) is 5. The highest BCUT2D eigenvalue weighted by molar-refractivity contribution is 7.18. The molecular formula is C8H9FN6O2S. The highest BCUT2D eigenvalue weighted by atomic mass is 32.1. The van der Waals surface area contributed by atoms with Crippen molar-refractivity contribution in [3.63, 3.8) is 0 Å². The van der Waals surface area contributed by atoms with Crippen LogP contribution in [-0.2, 0) is 13.1 Å². The monoisotopic (exact) mass is 271 g/mol. The number of nitrogens with one attached hydrogen (secondary N) is 1. The molecule has 0 aliphatic heterocycles. The highest BCUT2D eigenvalue weighted by Gasteiger charge is 2.11. The van der Waals surface area contributed by atoms with E-state index in [9.17, 15) is 14.5 Å². The molecule has 0 bridgehead atoms. The van der Waals surface area contributed by atoms with E-state index >= 15 is 0 Å². The first-order valence-corrected chi connectivity index (χ1v) is 5.80. The zero-order valence-electron chi connectivity index (χ0n) is 9.11. The molecule has 0 amide bonds. The van der Waals surface area contributed by atoms with Gasteiger partial charge in [0.2, 0.25) is 0 Å². The minimum atomic E-state index is -0.505. The Balaban J connectivity index is 1.91. The third-order valence-electron chi connectivity index (χ3n) is 1.99. The van der Waals surface area contributed by atoms with E-state index in [0.717, 1.165) is 11.3 Å². The van der Waals surface area contributed by atoms with Crippen LogP contribution in [0.1, 0.15) is 5.69 Å². The summed E-state index contributed by atoms with van der Waals surface area (Å²) >= 11 is 0.941. The fourth-order valence-corrected chi connectivity index (χ4v) is 1.84. The summed E-state index contributed by atoms with van der Waals surface area (Å²) in [5.74, 6) is 0. The fraction of sp³-hybridized carbons (Fsp3) is 0.375. The lowest BCUT2D eigenvalue weighted by Crippen LogP contribution is -2.00. The summed E-state index contributed by atoms with van der Waals surface area (Å²) < 4.78 is 13.4. The van der Waals surface area contributed by atoms with Crippen LogP contribution in [0, 0.1) is 10.1 Å². The molecule has 96 valence electrons. The SMILES string of the molecule is O=[N+]([O-])c1cnc(NCc2cn(CC[18F])nn2)s1. The molecule has 8 nitrogen and oxygen atoms in total. The zero-order chi connectivity index (χ0) is 13.0. The Bertz CT molecular complexity index is 541. The van der Waals surface area contributed by atoms with E-state index in [1.165, 1.54) is 10.9 Å². The molecule has 2 aromatic rings. The van der Waals surface area contributed by atoms with Gasteiger partial charge in [-0.15, -0.1) is 5.10 Å². The second kappa shape index (κ2) is 5.49. The molecule has 2 rings (SSSR count). The van der Waals surface area contributed by atoms with E-state index in [0.29, 0.717) is 17.4 Å². The van der Waals surface area contributed by atoms with Crippen LogP contribution in [0.15, 0.2) is 12.4 Å². The van der Waals surface area contributed by atoms with Gasteiger partial charge in [-0.3, -0.25) is 10.1 Å². The van der Waals surface area contributed by atoms with Crippen molar-refractivity contribution in [3.8, 4) is 0 Å². The molecule has 0 unspecified atom stereocenters. The molecule has 0 aliphatic carbocycles. The molecule has 0 saturated heterocycles. The second-order valence-corrected chi connectivity index (χ2v) is 4.29. The lowest BCUT2D eigenvalue weighted by atomic mass is 10.5. The minimum absolute atomic E-state index is 0.0291. The van der Waals surface area contributed by atoms with Gasteiger partial charge in [-0.05, 0) is 11.3 Å². The first kappa shape index (κ1) is 12.4. The molecule has 2 heterocycles. The Labute approximate surface area is 105 Å². The van der Waals surface area contributed by atoms with E-state index < -0.39 is 11.6 Å². The quantitative estimate of drug-likeness (QED) is 0.626. The molecular weight excluding hydrogens is 262 g/mol. The summed E-state index contributed by atoms with van der Waals surface area (Å²) in [5.41, 5.74) is 0.612. The lowest BCUT2D eigenvalue weighted by molar-refractivity contribution is -0.380. The number of halogens is 1. The van der Waals surface area contributed by atoms with E-state index in [2.05, 4.69) is 20.6 Å². The molecule has 0 atom stereocenters. The Morgan fingerprint density at radius 3 is 3.11 bits per heavy atom. The Kier molecular flexibility index (Phi) is 3.77. The minimum Gasteiger partial charge on any atom is -0.356 e. The van der Waals surface area contributed by atoms with E-state index in [1.807, 2.05) is 0 Å². The number of hydrogen-bond acceptors (Lipinski definition) is 7. The van der Waals surface area contributed by atoms with E-state index in [-0.39, 0.29) is 11.5 Å². The van der Waals surface area contributed by atoms with Crippen LogP contribution in [-0.4, -0.2) is 31.6 Å². The van der Waals surface area contributed by atoms with E-state index in [1.54, 1.807) is 6.20 Å². The number of aryl methyl sites for hydroxylation is 1. The average Bonchev–Trinajstić information content (AvgIpc) is 2.95. The van der Waals surface area contributed by atoms with Gasteiger partial charge in [-0.1, -0.05) is 5.21 Å². The number of rotatable bonds is 6. The smallest absolute Gasteiger partial charge is 0.345 e. The molecule has 1 N–H and O–H groups in total. The first-order chi connectivity index (χ1) is 8.69. The van der Waals surface area contributed by atoms with Crippen LogP contribution >= 0.6 is 11.3 Å². The van der Waals surface area contributed by atoms with Gasteiger partial charge in [0.05, 0.1) is 24.2 Å². The third kappa shape index (κ3) is 2.97. The van der Waals surface area contributed by atoms with Crippen LogP contribution < -0.4 is 5.32 Å². The maximum absolute atomic E-state index is 12.0. The van der Waals surface area contributed by atoms with Gasteiger partial charge >= 0.3 is 5.00 Å². The largest absolute Gasteiger partial charge is 0.356 e. The Morgan fingerprint density at radius 1 is 1.61 bits per heavy atom. The van der Waals surface area contributed by atoms with Crippen LogP contribution in [0.25, 0.3) is 0 Å². The zero-order valence-corrected chi connectivity index (χ0v) is 9.93. The van der Waals surface area contributed by atoms with Crippen molar-refractivity contribution in [2.45, 2.75) is 13.1 Å². The number of nitro groups is 1. The Hall–Kier alpha value is -2.10. The van der Waals surface area contributed by atoms with Crippen molar-refractivity contribution in [2.24, 2.45) is 0 Å². The standard InChI is InChI=1S/C8H9FN6O2S/c9-1-2-14-5-6(12-13-14)3-10-8-11-4-7(18-8)15(16)17/h4-5H,1-3H2,(H,10,11)/i9-1. The number of alkyl halides is 1. The molecule has 0 spiro atoms. The molecule has 0 saturated carbocycles. The molecule has 2 aromatic heterocycles. The molecule has 0 fully saturated rings. The van der Waals surface area contributed by atoms with Crippen LogP contribution in [0.3, 0.4) is 0 Å². The van der Waals surface area contributed by atoms with Crippen molar-refractivity contribution in [1.29, 1.82) is 0 Å². The maximum Gasteiger partial charge on any atom is 0.345 e. The predicted octanol–water partition coefficient (Wildman–Crippen LogP) is 1.22. The highest BCUT2D eigenvalue weighted by Crippen LogP contribution is 2.25. The van der Waals surface area contributed by atoms with Crippen molar-refractivity contribution in [1.82, 2.24) is 20.0 Å². The van der Waals surface area contributed by atoms with Crippen molar-refractivity contribution in [3.05, 3.63) is 28.2 Å². The van der Waals surface area contributed by atoms with Gasteiger partial charge in [-0.2, -0.15) is 0 Å².